The van der Waals surface area contributed by atoms with Gasteiger partial charge in [-0.1, -0.05) is 60.1 Å². The highest BCUT2D eigenvalue weighted by Gasteiger charge is 2.09. The maximum Gasteiger partial charge on any atom is 0.238 e. The molecule has 0 saturated carbocycles. The number of halogens is 1. The van der Waals surface area contributed by atoms with Gasteiger partial charge >= 0.3 is 0 Å². The fourth-order valence-electron chi connectivity index (χ4n) is 2.64. The van der Waals surface area contributed by atoms with Crippen molar-refractivity contribution in [3.05, 3.63) is 77.3 Å². The van der Waals surface area contributed by atoms with Gasteiger partial charge in [0, 0.05) is 22.1 Å². The molecule has 0 aromatic heterocycles. The first-order chi connectivity index (χ1) is 11.6. The van der Waals surface area contributed by atoms with Crippen molar-refractivity contribution in [2.24, 2.45) is 0 Å². The van der Waals surface area contributed by atoms with E-state index in [9.17, 15) is 4.79 Å². The molecule has 0 bridgehead atoms. The molecule has 0 aliphatic heterocycles. The minimum Gasteiger partial charge on any atom is -0.324 e. The first-order valence-electron chi connectivity index (χ1n) is 7.90. The van der Waals surface area contributed by atoms with Gasteiger partial charge in [0.1, 0.15) is 0 Å². The lowest BCUT2D eigenvalue weighted by Gasteiger charge is -2.15. The summed E-state index contributed by atoms with van der Waals surface area (Å²) in [4.78, 5) is 12.3. The quantitative estimate of drug-likeness (QED) is 0.702. The Bertz CT molecular complexity index is 840. The van der Waals surface area contributed by atoms with Gasteiger partial charge < -0.3 is 10.6 Å². The predicted octanol–water partition coefficient (Wildman–Crippen LogP) is 4.78. The molecule has 3 rings (SSSR count). The fourth-order valence-corrected chi connectivity index (χ4v) is 2.77. The lowest BCUT2D eigenvalue weighted by molar-refractivity contribution is -0.115. The van der Waals surface area contributed by atoms with Gasteiger partial charge in [-0.3, -0.25) is 4.79 Å². The third kappa shape index (κ3) is 3.94. The van der Waals surface area contributed by atoms with Crippen molar-refractivity contribution in [2.45, 2.75) is 13.0 Å². The number of hydrogen-bond donors (Lipinski definition) is 2. The van der Waals surface area contributed by atoms with Crippen molar-refractivity contribution in [3.8, 4) is 0 Å². The van der Waals surface area contributed by atoms with Crippen molar-refractivity contribution >= 4 is 34.0 Å². The average Bonchev–Trinajstić information content (AvgIpc) is 2.61. The third-order valence-corrected chi connectivity index (χ3v) is 4.25. The number of fused-ring (bicyclic) bond motifs is 1. The van der Waals surface area contributed by atoms with Crippen LogP contribution in [0.25, 0.3) is 10.8 Å². The van der Waals surface area contributed by atoms with Crippen LogP contribution in [0.3, 0.4) is 0 Å². The summed E-state index contributed by atoms with van der Waals surface area (Å²) in [7, 11) is 0. The molecule has 2 N–H and O–H groups in total. The Morgan fingerprint density at radius 1 is 1.00 bits per heavy atom. The van der Waals surface area contributed by atoms with Gasteiger partial charge in [0.15, 0.2) is 0 Å². The molecule has 0 heterocycles. The Kier molecular flexibility index (Phi) is 5.14. The largest absolute Gasteiger partial charge is 0.324 e. The van der Waals surface area contributed by atoms with Crippen LogP contribution in [0, 0.1) is 0 Å². The van der Waals surface area contributed by atoms with E-state index in [2.05, 4.69) is 10.6 Å². The smallest absolute Gasteiger partial charge is 0.238 e. The van der Waals surface area contributed by atoms with Gasteiger partial charge in [0.25, 0.3) is 0 Å². The fraction of sp³-hybridized carbons (Fsp3) is 0.150. The summed E-state index contributed by atoms with van der Waals surface area (Å²) in [5, 5.41) is 9.07. The summed E-state index contributed by atoms with van der Waals surface area (Å²) >= 11 is 5.90. The van der Waals surface area contributed by atoms with E-state index in [1.54, 1.807) is 0 Å². The molecule has 0 radical (unpaired) electrons. The molecule has 0 spiro atoms. The summed E-state index contributed by atoms with van der Waals surface area (Å²) in [6, 6.07) is 21.6. The van der Waals surface area contributed by atoms with Gasteiger partial charge in [-0.05, 0) is 36.1 Å². The number of carbonyl (C=O) groups is 1. The highest BCUT2D eigenvalue weighted by atomic mass is 35.5. The lowest BCUT2D eigenvalue weighted by Crippen LogP contribution is -2.30. The molecule has 3 nitrogen and oxygen atoms in total. The Labute approximate surface area is 146 Å². The summed E-state index contributed by atoms with van der Waals surface area (Å²) in [6.07, 6.45) is 0. The molecular formula is C20H19ClN2O. The summed E-state index contributed by atoms with van der Waals surface area (Å²) in [6.45, 7) is 2.27. The maximum atomic E-state index is 12.3. The second-order valence-corrected chi connectivity index (χ2v) is 6.17. The first-order valence-corrected chi connectivity index (χ1v) is 8.28. The summed E-state index contributed by atoms with van der Waals surface area (Å²) < 4.78 is 0. The number of rotatable bonds is 5. The zero-order chi connectivity index (χ0) is 16.9. The molecule has 3 aromatic carbocycles. The minimum atomic E-state index is -0.0628. The van der Waals surface area contributed by atoms with Crippen LogP contribution in [0.2, 0.25) is 5.02 Å². The van der Waals surface area contributed by atoms with Crippen LogP contribution in [-0.4, -0.2) is 12.5 Å². The molecule has 0 unspecified atom stereocenters. The van der Waals surface area contributed by atoms with E-state index in [0.717, 1.165) is 22.0 Å². The molecule has 122 valence electrons. The van der Waals surface area contributed by atoms with Crippen molar-refractivity contribution in [3.63, 3.8) is 0 Å². The molecule has 0 aliphatic carbocycles. The molecule has 3 aromatic rings. The van der Waals surface area contributed by atoms with Crippen LogP contribution >= 0.6 is 11.6 Å². The average molecular weight is 339 g/mol. The number of carbonyl (C=O) groups excluding carboxylic acids is 1. The Morgan fingerprint density at radius 3 is 2.50 bits per heavy atom. The molecule has 4 heteroatoms. The Balaban J connectivity index is 1.62. The normalized spacial score (nSPS) is 12.1. The van der Waals surface area contributed by atoms with Crippen LogP contribution < -0.4 is 10.6 Å². The van der Waals surface area contributed by atoms with Crippen LogP contribution in [0.4, 0.5) is 5.69 Å². The van der Waals surface area contributed by atoms with E-state index >= 15 is 0 Å². The Morgan fingerprint density at radius 2 is 1.71 bits per heavy atom. The van der Waals surface area contributed by atoms with Crippen molar-refractivity contribution < 1.29 is 4.79 Å². The molecule has 0 saturated heterocycles. The SMILES string of the molecule is C[C@H](NCC(=O)Nc1cccc2ccccc12)c1ccc(Cl)cc1. The van der Waals surface area contributed by atoms with Crippen molar-refractivity contribution in [1.29, 1.82) is 0 Å². The van der Waals surface area contributed by atoms with Crippen LogP contribution in [0.1, 0.15) is 18.5 Å². The van der Waals surface area contributed by atoms with Crippen LogP contribution in [0.5, 0.6) is 0 Å². The lowest BCUT2D eigenvalue weighted by atomic mass is 10.1. The number of nitrogens with one attached hydrogen (secondary N) is 2. The van der Waals surface area contributed by atoms with E-state index in [1.807, 2.05) is 73.7 Å². The summed E-state index contributed by atoms with van der Waals surface area (Å²) in [5.41, 5.74) is 1.93. The maximum absolute atomic E-state index is 12.3. The second kappa shape index (κ2) is 7.47. The van der Waals surface area contributed by atoms with E-state index in [1.165, 1.54) is 0 Å². The van der Waals surface area contributed by atoms with Gasteiger partial charge in [0.05, 0.1) is 6.54 Å². The summed E-state index contributed by atoms with van der Waals surface area (Å²) in [5.74, 6) is -0.0628. The highest BCUT2D eigenvalue weighted by molar-refractivity contribution is 6.30. The molecule has 1 atom stereocenters. The van der Waals surface area contributed by atoms with Crippen LogP contribution in [-0.2, 0) is 4.79 Å². The van der Waals surface area contributed by atoms with Gasteiger partial charge in [-0.2, -0.15) is 0 Å². The highest BCUT2D eigenvalue weighted by Crippen LogP contribution is 2.22. The molecule has 0 aliphatic rings. The monoisotopic (exact) mass is 338 g/mol. The molecular weight excluding hydrogens is 320 g/mol. The van der Waals surface area contributed by atoms with E-state index in [-0.39, 0.29) is 18.5 Å². The predicted molar refractivity (Wildman–Crippen MR) is 100 cm³/mol. The van der Waals surface area contributed by atoms with E-state index in [4.69, 9.17) is 11.6 Å². The first kappa shape index (κ1) is 16.5. The zero-order valence-electron chi connectivity index (χ0n) is 13.4. The van der Waals surface area contributed by atoms with E-state index in [0.29, 0.717) is 5.02 Å². The topological polar surface area (TPSA) is 41.1 Å². The molecule has 0 fully saturated rings. The number of anilines is 1. The van der Waals surface area contributed by atoms with Gasteiger partial charge in [-0.15, -0.1) is 0 Å². The van der Waals surface area contributed by atoms with E-state index < -0.39 is 0 Å². The number of amides is 1. The van der Waals surface area contributed by atoms with Gasteiger partial charge in [0.2, 0.25) is 5.91 Å². The Hall–Kier alpha value is -2.36. The third-order valence-electron chi connectivity index (χ3n) is 4.00. The second-order valence-electron chi connectivity index (χ2n) is 5.73. The van der Waals surface area contributed by atoms with Gasteiger partial charge in [-0.25, -0.2) is 0 Å². The van der Waals surface area contributed by atoms with Crippen molar-refractivity contribution in [2.75, 3.05) is 11.9 Å². The molecule has 24 heavy (non-hydrogen) atoms. The van der Waals surface area contributed by atoms with Crippen LogP contribution in [0.15, 0.2) is 66.7 Å². The number of benzene rings is 3. The van der Waals surface area contributed by atoms with Crippen molar-refractivity contribution in [1.82, 2.24) is 5.32 Å². The number of hydrogen-bond acceptors (Lipinski definition) is 2. The molecule has 1 amide bonds. The standard InChI is InChI=1S/C20H19ClN2O/c1-14(15-9-11-17(21)12-10-15)22-13-20(24)23-19-8-4-6-16-5-2-3-7-18(16)19/h2-12,14,22H,13H2,1H3,(H,23,24)/t14-/m0/s1. The minimum absolute atomic E-state index is 0.0628. The zero-order valence-corrected chi connectivity index (χ0v) is 14.2.